The topological polar surface area (TPSA) is 52.0 Å². The quantitative estimate of drug-likeness (QED) is 0.757. The number of aromatic nitrogens is 3. The predicted molar refractivity (Wildman–Crippen MR) is 83.4 cm³/mol. The number of rotatable bonds is 8. The molecule has 1 N–H and O–H groups in total. The molecule has 0 aliphatic carbocycles. The van der Waals surface area contributed by atoms with Crippen LogP contribution < -0.4 is 10.1 Å². The number of nitrogens with zero attached hydrogens (tertiary/aromatic N) is 3. The van der Waals surface area contributed by atoms with Crippen molar-refractivity contribution in [3.8, 4) is 5.75 Å². The van der Waals surface area contributed by atoms with Gasteiger partial charge in [-0.25, -0.2) is 0 Å². The number of ether oxygens (including phenoxy) is 1. The highest BCUT2D eigenvalue weighted by Crippen LogP contribution is 2.17. The zero-order valence-corrected chi connectivity index (χ0v) is 13.1. The Balaban J connectivity index is 1.91. The molecular formula is C16H24N4O. The molecule has 114 valence electrons. The summed E-state index contributed by atoms with van der Waals surface area (Å²) >= 11 is 0. The highest BCUT2D eigenvalue weighted by atomic mass is 16.5. The Labute approximate surface area is 126 Å². The summed E-state index contributed by atoms with van der Waals surface area (Å²) < 4.78 is 7.70. The summed E-state index contributed by atoms with van der Waals surface area (Å²) in [4.78, 5) is 4.57. The molecule has 0 saturated heterocycles. The van der Waals surface area contributed by atoms with E-state index in [1.165, 1.54) is 5.56 Å². The summed E-state index contributed by atoms with van der Waals surface area (Å²) in [7, 11) is 1.92. The second kappa shape index (κ2) is 7.78. The van der Waals surface area contributed by atoms with E-state index >= 15 is 0 Å². The van der Waals surface area contributed by atoms with Crippen LogP contribution in [0.4, 0.5) is 0 Å². The van der Waals surface area contributed by atoms with Crippen molar-refractivity contribution in [2.75, 3.05) is 13.2 Å². The van der Waals surface area contributed by atoms with E-state index in [1.807, 2.05) is 43.2 Å². The summed E-state index contributed by atoms with van der Waals surface area (Å²) in [5.41, 5.74) is 3.18. The van der Waals surface area contributed by atoms with E-state index in [-0.39, 0.29) is 0 Å². The fraction of sp³-hybridized carbons (Fsp3) is 0.500. The van der Waals surface area contributed by atoms with Crippen LogP contribution >= 0.6 is 0 Å². The molecule has 0 bridgehead atoms. The third-order valence-electron chi connectivity index (χ3n) is 3.20. The third kappa shape index (κ3) is 4.86. The van der Waals surface area contributed by atoms with Crippen molar-refractivity contribution in [3.63, 3.8) is 0 Å². The van der Waals surface area contributed by atoms with Crippen LogP contribution in [-0.2, 0) is 20.0 Å². The van der Waals surface area contributed by atoms with Crippen molar-refractivity contribution >= 4 is 0 Å². The van der Waals surface area contributed by atoms with Gasteiger partial charge in [-0.3, -0.25) is 9.67 Å². The minimum atomic E-state index is 0.636. The van der Waals surface area contributed by atoms with E-state index in [0.717, 1.165) is 43.1 Å². The van der Waals surface area contributed by atoms with E-state index < -0.39 is 0 Å². The first kappa shape index (κ1) is 15.5. The molecule has 2 aromatic rings. The van der Waals surface area contributed by atoms with Gasteiger partial charge in [0.15, 0.2) is 0 Å². The van der Waals surface area contributed by atoms with Crippen LogP contribution in [0.5, 0.6) is 5.75 Å². The molecule has 0 atom stereocenters. The Morgan fingerprint density at radius 1 is 1.33 bits per heavy atom. The molecule has 5 nitrogen and oxygen atoms in total. The Bertz CT molecular complexity index is 565. The number of pyridine rings is 1. The lowest BCUT2D eigenvalue weighted by molar-refractivity contribution is 0.315. The first-order valence-corrected chi connectivity index (χ1v) is 7.46. The maximum Gasteiger partial charge on any atom is 0.142 e. The molecule has 0 spiro atoms. The summed E-state index contributed by atoms with van der Waals surface area (Å²) in [6, 6.07) is 4.00. The summed E-state index contributed by atoms with van der Waals surface area (Å²) in [5, 5.41) is 7.53. The van der Waals surface area contributed by atoms with Gasteiger partial charge in [-0.2, -0.15) is 5.10 Å². The lowest BCUT2D eigenvalue weighted by Gasteiger charge is -2.11. The molecule has 2 heterocycles. The van der Waals surface area contributed by atoms with Crippen LogP contribution in [0.1, 0.15) is 30.3 Å². The highest BCUT2D eigenvalue weighted by molar-refractivity contribution is 5.29. The van der Waals surface area contributed by atoms with E-state index in [2.05, 4.69) is 22.3 Å². The Kier molecular flexibility index (Phi) is 5.75. The second-order valence-corrected chi connectivity index (χ2v) is 5.19. The van der Waals surface area contributed by atoms with Crippen LogP contribution in [-0.4, -0.2) is 27.9 Å². The lowest BCUT2D eigenvalue weighted by atomic mass is 10.2. The fourth-order valence-corrected chi connectivity index (χ4v) is 2.12. The average Bonchev–Trinajstić information content (AvgIpc) is 2.87. The zero-order chi connectivity index (χ0) is 15.1. The molecule has 21 heavy (non-hydrogen) atoms. The van der Waals surface area contributed by atoms with Crippen molar-refractivity contribution in [2.24, 2.45) is 7.05 Å². The Morgan fingerprint density at radius 3 is 2.90 bits per heavy atom. The molecule has 0 aromatic carbocycles. The minimum absolute atomic E-state index is 0.636. The molecule has 5 heteroatoms. The van der Waals surface area contributed by atoms with E-state index in [9.17, 15) is 0 Å². The first-order valence-electron chi connectivity index (χ1n) is 7.46. The normalized spacial score (nSPS) is 10.8. The molecule has 0 amide bonds. The Morgan fingerprint density at radius 2 is 2.19 bits per heavy atom. The molecule has 0 saturated carbocycles. The van der Waals surface area contributed by atoms with Crippen LogP contribution in [0.3, 0.4) is 0 Å². The number of hydrogen-bond donors (Lipinski definition) is 1. The number of hydrogen-bond acceptors (Lipinski definition) is 4. The van der Waals surface area contributed by atoms with Gasteiger partial charge in [0.25, 0.3) is 0 Å². The van der Waals surface area contributed by atoms with Gasteiger partial charge < -0.3 is 10.1 Å². The van der Waals surface area contributed by atoms with Crippen molar-refractivity contribution in [1.29, 1.82) is 0 Å². The van der Waals surface area contributed by atoms with Crippen molar-refractivity contribution < 1.29 is 4.74 Å². The minimum Gasteiger partial charge on any atom is -0.491 e. The van der Waals surface area contributed by atoms with Crippen molar-refractivity contribution in [1.82, 2.24) is 20.1 Å². The van der Waals surface area contributed by atoms with Crippen LogP contribution in [0.25, 0.3) is 0 Å². The van der Waals surface area contributed by atoms with E-state index in [1.54, 1.807) is 0 Å². The van der Waals surface area contributed by atoms with Crippen LogP contribution in [0.2, 0.25) is 0 Å². The SMILES string of the molecule is CCCNCc1nc(C)ccc1OCCc1cnn(C)c1. The maximum atomic E-state index is 5.90. The molecule has 0 radical (unpaired) electrons. The second-order valence-electron chi connectivity index (χ2n) is 5.19. The largest absolute Gasteiger partial charge is 0.491 e. The van der Waals surface area contributed by atoms with Crippen molar-refractivity contribution in [3.05, 3.63) is 41.5 Å². The fourth-order valence-electron chi connectivity index (χ4n) is 2.12. The zero-order valence-electron chi connectivity index (χ0n) is 13.1. The van der Waals surface area contributed by atoms with Crippen LogP contribution in [0, 0.1) is 6.92 Å². The van der Waals surface area contributed by atoms with Gasteiger partial charge in [0, 0.05) is 31.9 Å². The smallest absolute Gasteiger partial charge is 0.142 e. The van der Waals surface area contributed by atoms with E-state index in [4.69, 9.17) is 4.74 Å². The molecule has 2 aromatic heterocycles. The average molecular weight is 288 g/mol. The summed E-state index contributed by atoms with van der Waals surface area (Å²) in [6.07, 6.45) is 5.85. The van der Waals surface area contributed by atoms with Gasteiger partial charge in [0.05, 0.1) is 18.5 Å². The van der Waals surface area contributed by atoms with Gasteiger partial charge in [-0.15, -0.1) is 0 Å². The van der Waals surface area contributed by atoms with Gasteiger partial charge in [-0.05, 0) is 37.6 Å². The van der Waals surface area contributed by atoms with Gasteiger partial charge in [0.2, 0.25) is 0 Å². The first-order chi connectivity index (χ1) is 10.2. The number of aryl methyl sites for hydroxylation is 2. The third-order valence-corrected chi connectivity index (χ3v) is 3.20. The van der Waals surface area contributed by atoms with Gasteiger partial charge in [-0.1, -0.05) is 6.92 Å². The maximum absolute atomic E-state index is 5.90. The molecule has 0 aliphatic heterocycles. The molecule has 0 unspecified atom stereocenters. The van der Waals surface area contributed by atoms with Crippen molar-refractivity contribution in [2.45, 2.75) is 33.2 Å². The van der Waals surface area contributed by atoms with Gasteiger partial charge >= 0.3 is 0 Å². The monoisotopic (exact) mass is 288 g/mol. The standard InChI is InChI=1S/C16H24N4O/c1-4-8-17-11-15-16(6-5-13(2)19-15)21-9-7-14-10-18-20(3)12-14/h5-6,10,12,17H,4,7-9,11H2,1-3H3. The summed E-state index contributed by atoms with van der Waals surface area (Å²) in [5.74, 6) is 0.869. The van der Waals surface area contributed by atoms with Crippen LogP contribution in [0.15, 0.2) is 24.5 Å². The number of nitrogens with one attached hydrogen (secondary N) is 1. The predicted octanol–water partition coefficient (Wildman–Crippen LogP) is 2.24. The lowest BCUT2D eigenvalue weighted by Crippen LogP contribution is -2.16. The van der Waals surface area contributed by atoms with Gasteiger partial charge in [0.1, 0.15) is 5.75 Å². The Hall–Kier alpha value is -1.88. The molecular weight excluding hydrogens is 264 g/mol. The molecule has 0 aliphatic rings. The highest BCUT2D eigenvalue weighted by Gasteiger charge is 2.06. The molecule has 0 fully saturated rings. The molecule has 2 rings (SSSR count). The van der Waals surface area contributed by atoms with E-state index in [0.29, 0.717) is 6.61 Å². The summed E-state index contributed by atoms with van der Waals surface area (Å²) in [6.45, 7) is 6.53.